The summed E-state index contributed by atoms with van der Waals surface area (Å²) in [5.41, 5.74) is 1.79. The molecular weight excluding hydrogens is 253 g/mol. The van der Waals surface area contributed by atoms with Crippen molar-refractivity contribution >= 4 is 6.08 Å². The van der Waals surface area contributed by atoms with E-state index in [1.807, 2.05) is 36.4 Å². The summed E-state index contributed by atoms with van der Waals surface area (Å²) in [6.07, 6.45) is 4.34. The minimum Gasteiger partial charge on any atom is -0.211 e. The smallest absolute Gasteiger partial charge is 0.211 e. The van der Waals surface area contributed by atoms with E-state index < -0.39 is 5.54 Å². The molecule has 1 aliphatic rings. The first kappa shape index (κ1) is 12.8. The molecule has 20 heavy (non-hydrogen) atoms. The molecule has 0 unspecified atom stereocenters. The van der Waals surface area contributed by atoms with E-state index in [4.69, 9.17) is 0 Å². The quantitative estimate of drug-likeness (QED) is 0.605. The maximum Gasteiger partial charge on any atom is 0.235 e. The molecular formula is C17H14FNO. The number of hydrogen-bond acceptors (Lipinski definition) is 2. The largest absolute Gasteiger partial charge is 0.235 e. The predicted octanol–water partition coefficient (Wildman–Crippen LogP) is 4.21. The van der Waals surface area contributed by atoms with Crippen LogP contribution in [0.4, 0.5) is 4.39 Å². The Morgan fingerprint density at radius 2 is 1.85 bits per heavy atom. The SMILES string of the molecule is O=C=NC1(c2ccc(F)c(-c3ccccc3)c2)CCC1. The van der Waals surface area contributed by atoms with Crippen LogP contribution in [0.5, 0.6) is 0 Å². The van der Waals surface area contributed by atoms with Gasteiger partial charge >= 0.3 is 0 Å². The van der Waals surface area contributed by atoms with Crippen LogP contribution in [0.25, 0.3) is 11.1 Å². The van der Waals surface area contributed by atoms with Crippen molar-refractivity contribution in [1.29, 1.82) is 0 Å². The van der Waals surface area contributed by atoms with Gasteiger partial charge in [-0.15, -0.1) is 0 Å². The molecule has 1 saturated carbocycles. The number of benzene rings is 2. The highest BCUT2D eigenvalue weighted by atomic mass is 19.1. The molecule has 0 radical (unpaired) electrons. The Morgan fingerprint density at radius 1 is 1.10 bits per heavy atom. The number of rotatable bonds is 3. The molecule has 0 heterocycles. The third kappa shape index (κ3) is 2.06. The zero-order chi connectivity index (χ0) is 14.0. The molecule has 2 nitrogen and oxygen atoms in total. The number of nitrogens with zero attached hydrogens (tertiary/aromatic N) is 1. The second kappa shape index (κ2) is 5.03. The van der Waals surface area contributed by atoms with E-state index in [1.165, 1.54) is 6.07 Å². The predicted molar refractivity (Wildman–Crippen MR) is 75.5 cm³/mol. The monoisotopic (exact) mass is 267 g/mol. The van der Waals surface area contributed by atoms with Crippen molar-refractivity contribution in [3.05, 3.63) is 59.9 Å². The van der Waals surface area contributed by atoms with Crippen LogP contribution in [0.15, 0.2) is 53.5 Å². The lowest BCUT2D eigenvalue weighted by Gasteiger charge is -2.37. The Balaban J connectivity index is 2.10. The first-order chi connectivity index (χ1) is 9.75. The van der Waals surface area contributed by atoms with Crippen LogP contribution < -0.4 is 0 Å². The molecule has 0 N–H and O–H groups in total. The summed E-state index contributed by atoms with van der Waals surface area (Å²) in [4.78, 5) is 14.6. The van der Waals surface area contributed by atoms with Crippen molar-refractivity contribution in [3.8, 4) is 11.1 Å². The van der Waals surface area contributed by atoms with Crippen molar-refractivity contribution in [2.45, 2.75) is 24.8 Å². The van der Waals surface area contributed by atoms with E-state index >= 15 is 0 Å². The zero-order valence-corrected chi connectivity index (χ0v) is 11.0. The van der Waals surface area contributed by atoms with Gasteiger partial charge in [0.1, 0.15) is 5.82 Å². The number of halogens is 1. The van der Waals surface area contributed by atoms with Crippen LogP contribution in [-0.2, 0) is 10.3 Å². The zero-order valence-electron chi connectivity index (χ0n) is 11.0. The van der Waals surface area contributed by atoms with Crippen molar-refractivity contribution in [1.82, 2.24) is 0 Å². The van der Waals surface area contributed by atoms with Crippen molar-refractivity contribution in [3.63, 3.8) is 0 Å². The number of isocyanates is 1. The molecule has 3 rings (SSSR count). The summed E-state index contributed by atoms with van der Waals surface area (Å²) in [6, 6.07) is 14.4. The van der Waals surface area contributed by atoms with Gasteiger partial charge in [0.05, 0.1) is 5.54 Å². The van der Waals surface area contributed by atoms with Crippen molar-refractivity contribution in [2.75, 3.05) is 0 Å². The summed E-state index contributed by atoms with van der Waals surface area (Å²) in [5, 5.41) is 0. The molecule has 0 bridgehead atoms. The highest BCUT2D eigenvalue weighted by molar-refractivity contribution is 5.65. The Hall–Kier alpha value is -2.25. The van der Waals surface area contributed by atoms with Crippen LogP contribution in [-0.4, -0.2) is 6.08 Å². The lowest BCUT2D eigenvalue weighted by molar-refractivity contribution is 0.256. The Kier molecular flexibility index (Phi) is 3.21. The van der Waals surface area contributed by atoms with Crippen LogP contribution in [0.1, 0.15) is 24.8 Å². The second-order valence-electron chi connectivity index (χ2n) is 5.15. The number of aliphatic imine (C=N–C) groups is 1. The Morgan fingerprint density at radius 3 is 2.45 bits per heavy atom. The molecule has 100 valence electrons. The number of hydrogen-bond donors (Lipinski definition) is 0. The van der Waals surface area contributed by atoms with Crippen molar-refractivity contribution in [2.24, 2.45) is 4.99 Å². The first-order valence-corrected chi connectivity index (χ1v) is 6.70. The Bertz CT molecular complexity index is 671. The van der Waals surface area contributed by atoms with Gasteiger partial charge in [-0.1, -0.05) is 36.4 Å². The molecule has 2 aromatic carbocycles. The van der Waals surface area contributed by atoms with E-state index in [9.17, 15) is 9.18 Å². The molecule has 0 aromatic heterocycles. The van der Waals surface area contributed by atoms with E-state index in [2.05, 4.69) is 4.99 Å². The maximum atomic E-state index is 14.0. The van der Waals surface area contributed by atoms with Gasteiger partial charge in [0, 0.05) is 5.56 Å². The van der Waals surface area contributed by atoms with Gasteiger partial charge in [0.2, 0.25) is 6.08 Å². The minimum absolute atomic E-state index is 0.260. The van der Waals surface area contributed by atoms with Crippen LogP contribution in [0.2, 0.25) is 0 Å². The summed E-state index contributed by atoms with van der Waals surface area (Å²) >= 11 is 0. The van der Waals surface area contributed by atoms with E-state index in [-0.39, 0.29) is 5.82 Å². The highest BCUT2D eigenvalue weighted by Crippen LogP contribution is 2.45. The van der Waals surface area contributed by atoms with Gasteiger partial charge in [-0.05, 0) is 42.5 Å². The molecule has 2 aromatic rings. The molecule has 0 saturated heterocycles. The third-order valence-electron chi connectivity index (χ3n) is 4.03. The molecule has 0 aliphatic heterocycles. The summed E-state index contributed by atoms with van der Waals surface area (Å²) in [5.74, 6) is -0.260. The maximum absolute atomic E-state index is 14.0. The van der Waals surface area contributed by atoms with Gasteiger partial charge in [-0.2, -0.15) is 4.99 Å². The normalized spacial score (nSPS) is 16.1. The summed E-state index contributed by atoms with van der Waals surface area (Å²) < 4.78 is 14.0. The average Bonchev–Trinajstić information content (AvgIpc) is 2.45. The lowest BCUT2D eigenvalue weighted by Crippen LogP contribution is -2.31. The van der Waals surface area contributed by atoms with Gasteiger partial charge in [0.15, 0.2) is 0 Å². The lowest BCUT2D eigenvalue weighted by atomic mass is 9.72. The van der Waals surface area contributed by atoms with Gasteiger partial charge in [0.25, 0.3) is 0 Å². The van der Waals surface area contributed by atoms with Crippen LogP contribution in [0, 0.1) is 5.82 Å². The first-order valence-electron chi connectivity index (χ1n) is 6.70. The third-order valence-corrected chi connectivity index (χ3v) is 4.03. The van der Waals surface area contributed by atoms with Crippen molar-refractivity contribution < 1.29 is 9.18 Å². The molecule has 0 atom stereocenters. The van der Waals surface area contributed by atoms with E-state index in [0.717, 1.165) is 30.4 Å². The summed E-state index contributed by atoms with van der Waals surface area (Å²) in [6.45, 7) is 0. The topological polar surface area (TPSA) is 29.4 Å². The van der Waals surface area contributed by atoms with E-state index in [1.54, 1.807) is 12.1 Å². The highest BCUT2D eigenvalue weighted by Gasteiger charge is 2.39. The number of carbonyl (C=O) groups excluding carboxylic acids is 1. The van der Waals surface area contributed by atoms with Gasteiger partial charge in [-0.3, -0.25) is 0 Å². The fourth-order valence-electron chi connectivity index (χ4n) is 2.72. The Labute approximate surface area is 117 Å². The molecule has 3 heteroatoms. The second-order valence-corrected chi connectivity index (χ2v) is 5.15. The molecule has 0 amide bonds. The molecule has 1 fully saturated rings. The van der Waals surface area contributed by atoms with E-state index in [0.29, 0.717) is 5.56 Å². The molecule has 1 aliphatic carbocycles. The fraction of sp³-hybridized carbons (Fsp3) is 0.235. The van der Waals surface area contributed by atoms with Gasteiger partial charge in [-0.25, -0.2) is 9.18 Å². The fourth-order valence-corrected chi connectivity index (χ4v) is 2.72. The van der Waals surface area contributed by atoms with Crippen LogP contribution in [0.3, 0.4) is 0 Å². The van der Waals surface area contributed by atoms with Gasteiger partial charge < -0.3 is 0 Å². The minimum atomic E-state index is -0.487. The molecule has 0 spiro atoms. The summed E-state index contributed by atoms with van der Waals surface area (Å²) in [7, 11) is 0. The van der Waals surface area contributed by atoms with Crippen LogP contribution >= 0.6 is 0 Å². The average molecular weight is 267 g/mol. The standard InChI is InChI=1S/C17H14FNO/c18-16-8-7-14(17(19-12-20)9-4-10-17)11-15(16)13-5-2-1-3-6-13/h1-3,5-8,11H,4,9-10H2.